The molecule has 1 fully saturated rings. The molecule has 0 aliphatic carbocycles. The third kappa shape index (κ3) is 2.05. The van der Waals surface area contributed by atoms with Crippen molar-refractivity contribution in [1.82, 2.24) is 0 Å². The molecule has 94 valence electrons. The summed E-state index contributed by atoms with van der Waals surface area (Å²) in [6.07, 6.45) is 0. The molecule has 1 aliphatic rings. The second-order valence-corrected chi connectivity index (χ2v) is 5.21. The smallest absolute Gasteiger partial charge is 0.122 e. The van der Waals surface area contributed by atoms with Gasteiger partial charge >= 0.3 is 0 Å². The highest BCUT2D eigenvalue weighted by Gasteiger charge is 2.37. The Labute approximate surface area is 103 Å². The molecule has 0 aromatic heterocycles. The lowest BCUT2D eigenvalue weighted by Gasteiger charge is -2.39. The van der Waals surface area contributed by atoms with Gasteiger partial charge < -0.3 is 15.2 Å². The SMILES string of the molecule is COc1cc(C)c(C2(N)COC2)cc1C(C)C. The minimum absolute atomic E-state index is 0.306. The van der Waals surface area contributed by atoms with Gasteiger partial charge in [-0.05, 0) is 41.7 Å². The first-order chi connectivity index (χ1) is 7.98. The van der Waals surface area contributed by atoms with E-state index < -0.39 is 0 Å². The van der Waals surface area contributed by atoms with E-state index in [0.29, 0.717) is 19.1 Å². The Morgan fingerprint density at radius 2 is 2.00 bits per heavy atom. The standard InChI is InChI=1S/C14H21NO2/c1-9(2)11-6-12(14(15)7-17-8-14)10(3)5-13(11)16-4/h5-6,9H,7-8,15H2,1-4H3. The highest BCUT2D eigenvalue weighted by molar-refractivity contribution is 5.47. The molecular formula is C14H21NO2. The van der Waals surface area contributed by atoms with Crippen molar-refractivity contribution in [3.05, 3.63) is 28.8 Å². The van der Waals surface area contributed by atoms with Crippen LogP contribution in [0.15, 0.2) is 12.1 Å². The third-order valence-electron chi connectivity index (χ3n) is 3.45. The molecule has 0 bridgehead atoms. The predicted molar refractivity (Wildman–Crippen MR) is 68.5 cm³/mol. The molecule has 1 aromatic rings. The van der Waals surface area contributed by atoms with Gasteiger partial charge in [0.05, 0.1) is 25.9 Å². The maximum Gasteiger partial charge on any atom is 0.122 e. The average Bonchev–Trinajstić information content (AvgIpc) is 2.25. The van der Waals surface area contributed by atoms with E-state index in [2.05, 4.69) is 32.9 Å². The molecule has 0 unspecified atom stereocenters. The number of nitrogens with two attached hydrogens (primary N) is 1. The summed E-state index contributed by atoms with van der Waals surface area (Å²) in [7, 11) is 1.71. The van der Waals surface area contributed by atoms with E-state index in [1.54, 1.807) is 7.11 Å². The van der Waals surface area contributed by atoms with Crippen molar-refractivity contribution in [2.24, 2.45) is 5.73 Å². The van der Waals surface area contributed by atoms with Crippen LogP contribution in [0.4, 0.5) is 0 Å². The second kappa shape index (κ2) is 4.31. The maximum atomic E-state index is 6.32. The molecule has 2 rings (SSSR count). The molecule has 0 saturated carbocycles. The normalized spacial score (nSPS) is 18.0. The highest BCUT2D eigenvalue weighted by atomic mass is 16.5. The van der Waals surface area contributed by atoms with Crippen LogP contribution in [-0.4, -0.2) is 20.3 Å². The molecule has 0 atom stereocenters. The van der Waals surface area contributed by atoms with Gasteiger partial charge in [0, 0.05) is 0 Å². The van der Waals surface area contributed by atoms with Gasteiger partial charge in [0.15, 0.2) is 0 Å². The number of rotatable bonds is 3. The van der Waals surface area contributed by atoms with Crippen LogP contribution in [0.2, 0.25) is 0 Å². The summed E-state index contributed by atoms with van der Waals surface area (Å²) in [6.45, 7) is 7.62. The summed E-state index contributed by atoms with van der Waals surface area (Å²) in [6, 6.07) is 4.26. The lowest BCUT2D eigenvalue weighted by atomic mass is 9.83. The first-order valence-electron chi connectivity index (χ1n) is 6.03. The van der Waals surface area contributed by atoms with Crippen LogP contribution in [0.5, 0.6) is 5.75 Å². The fourth-order valence-electron chi connectivity index (χ4n) is 2.34. The molecule has 1 heterocycles. The minimum atomic E-state index is -0.306. The quantitative estimate of drug-likeness (QED) is 0.874. The molecule has 0 amide bonds. The van der Waals surface area contributed by atoms with Crippen molar-refractivity contribution < 1.29 is 9.47 Å². The second-order valence-electron chi connectivity index (χ2n) is 5.21. The van der Waals surface area contributed by atoms with Gasteiger partial charge in [0.25, 0.3) is 0 Å². The van der Waals surface area contributed by atoms with Crippen LogP contribution < -0.4 is 10.5 Å². The number of hydrogen-bond donors (Lipinski definition) is 1. The van der Waals surface area contributed by atoms with E-state index in [0.717, 1.165) is 5.75 Å². The lowest BCUT2D eigenvalue weighted by molar-refractivity contribution is -0.0572. The van der Waals surface area contributed by atoms with Crippen molar-refractivity contribution in [1.29, 1.82) is 0 Å². The largest absolute Gasteiger partial charge is 0.496 e. The maximum absolute atomic E-state index is 6.32. The number of hydrogen-bond acceptors (Lipinski definition) is 3. The molecule has 3 nitrogen and oxygen atoms in total. The van der Waals surface area contributed by atoms with Crippen LogP contribution in [0.3, 0.4) is 0 Å². The number of methoxy groups -OCH3 is 1. The molecule has 3 heteroatoms. The number of aryl methyl sites for hydroxylation is 1. The zero-order chi connectivity index (χ0) is 12.6. The van der Waals surface area contributed by atoms with E-state index in [1.807, 2.05) is 0 Å². The predicted octanol–water partition coefficient (Wildman–Crippen LogP) is 2.31. The molecular weight excluding hydrogens is 214 g/mol. The Morgan fingerprint density at radius 3 is 2.41 bits per heavy atom. The van der Waals surface area contributed by atoms with Gasteiger partial charge in [-0.25, -0.2) is 0 Å². The first-order valence-corrected chi connectivity index (χ1v) is 6.03. The molecule has 17 heavy (non-hydrogen) atoms. The van der Waals surface area contributed by atoms with Crippen molar-refractivity contribution in [3.8, 4) is 5.75 Å². The van der Waals surface area contributed by atoms with Crippen LogP contribution in [0.1, 0.15) is 36.5 Å². The van der Waals surface area contributed by atoms with E-state index in [9.17, 15) is 0 Å². The summed E-state index contributed by atoms with van der Waals surface area (Å²) in [5.41, 5.74) is 9.59. The summed E-state index contributed by atoms with van der Waals surface area (Å²) in [5, 5.41) is 0. The molecule has 0 spiro atoms. The van der Waals surface area contributed by atoms with Gasteiger partial charge in [0.2, 0.25) is 0 Å². The Hall–Kier alpha value is -1.06. The monoisotopic (exact) mass is 235 g/mol. The van der Waals surface area contributed by atoms with E-state index >= 15 is 0 Å². The highest BCUT2D eigenvalue weighted by Crippen LogP contribution is 2.36. The minimum Gasteiger partial charge on any atom is -0.496 e. The molecule has 2 N–H and O–H groups in total. The fourth-order valence-corrected chi connectivity index (χ4v) is 2.34. The van der Waals surface area contributed by atoms with Gasteiger partial charge in [-0.1, -0.05) is 13.8 Å². The lowest BCUT2D eigenvalue weighted by Crippen LogP contribution is -2.54. The fraction of sp³-hybridized carbons (Fsp3) is 0.571. The van der Waals surface area contributed by atoms with Crippen molar-refractivity contribution in [2.45, 2.75) is 32.2 Å². The zero-order valence-electron chi connectivity index (χ0n) is 11.0. The topological polar surface area (TPSA) is 44.5 Å². The zero-order valence-corrected chi connectivity index (χ0v) is 11.0. The van der Waals surface area contributed by atoms with Gasteiger partial charge in [-0.15, -0.1) is 0 Å². The van der Waals surface area contributed by atoms with Crippen LogP contribution in [0, 0.1) is 6.92 Å². The van der Waals surface area contributed by atoms with Crippen LogP contribution in [-0.2, 0) is 10.3 Å². The Morgan fingerprint density at radius 1 is 1.35 bits per heavy atom. The summed E-state index contributed by atoms with van der Waals surface area (Å²) in [4.78, 5) is 0. The van der Waals surface area contributed by atoms with E-state index in [1.165, 1.54) is 16.7 Å². The molecule has 1 aromatic carbocycles. The molecule has 1 aliphatic heterocycles. The van der Waals surface area contributed by atoms with Gasteiger partial charge in [-0.2, -0.15) is 0 Å². The average molecular weight is 235 g/mol. The van der Waals surface area contributed by atoms with E-state index in [4.69, 9.17) is 15.2 Å². The number of benzene rings is 1. The Bertz CT molecular complexity index is 422. The molecule has 1 saturated heterocycles. The van der Waals surface area contributed by atoms with Crippen LogP contribution >= 0.6 is 0 Å². The van der Waals surface area contributed by atoms with Crippen molar-refractivity contribution in [3.63, 3.8) is 0 Å². The van der Waals surface area contributed by atoms with Gasteiger partial charge in [-0.3, -0.25) is 0 Å². The number of ether oxygens (including phenoxy) is 2. The summed E-state index contributed by atoms with van der Waals surface area (Å²) >= 11 is 0. The van der Waals surface area contributed by atoms with Crippen molar-refractivity contribution >= 4 is 0 Å². The van der Waals surface area contributed by atoms with Crippen LogP contribution in [0.25, 0.3) is 0 Å². The first kappa shape index (κ1) is 12.4. The van der Waals surface area contributed by atoms with Gasteiger partial charge in [0.1, 0.15) is 5.75 Å². The third-order valence-corrected chi connectivity index (χ3v) is 3.45. The Balaban J connectivity index is 2.50. The summed E-state index contributed by atoms with van der Waals surface area (Å²) < 4.78 is 10.7. The summed E-state index contributed by atoms with van der Waals surface area (Å²) in [5.74, 6) is 1.37. The molecule has 0 radical (unpaired) electrons. The Kier molecular flexibility index (Phi) is 3.15. The van der Waals surface area contributed by atoms with E-state index in [-0.39, 0.29) is 5.54 Å². The van der Waals surface area contributed by atoms with Crippen molar-refractivity contribution in [2.75, 3.05) is 20.3 Å².